The van der Waals surface area contributed by atoms with E-state index in [-0.39, 0.29) is 15.5 Å². The smallest absolute Gasteiger partial charge is 0.264 e. The third-order valence-corrected chi connectivity index (χ3v) is 5.11. The van der Waals surface area contributed by atoms with Gasteiger partial charge in [-0.3, -0.25) is 4.79 Å². The molecule has 2 rings (SSSR count). The summed E-state index contributed by atoms with van der Waals surface area (Å²) in [6.07, 6.45) is 0. The fraction of sp³-hybridized carbons (Fsp3) is 0.188. The molecule has 0 spiro atoms. The van der Waals surface area contributed by atoms with E-state index < -0.39 is 33.0 Å². The molecule has 0 aliphatic rings. The third kappa shape index (κ3) is 3.73. The highest BCUT2D eigenvalue weighted by atomic mass is 35.5. The topological polar surface area (TPSA) is 63.2 Å². The summed E-state index contributed by atoms with van der Waals surface area (Å²) in [6.45, 7) is 2.77. The van der Waals surface area contributed by atoms with Crippen molar-refractivity contribution in [3.63, 3.8) is 0 Å². The van der Waals surface area contributed by atoms with Gasteiger partial charge in [-0.25, -0.2) is 21.9 Å². The molecule has 24 heavy (non-hydrogen) atoms. The molecule has 0 unspecified atom stereocenters. The van der Waals surface area contributed by atoms with Crippen LogP contribution < -0.4 is 4.72 Å². The van der Waals surface area contributed by atoms with Crippen molar-refractivity contribution in [3.8, 4) is 0 Å². The molecule has 0 saturated carbocycles. The summed E-state index contributed by atoms with van der Waals surface area (Å²) in [4.78, 5) is 12.1. The standard InChI is InChI=1S/C16H14ClF2NO3S/c1-16(2,13-8-3-10(17)9-14(13)19)15(21)20-24(22,23)12-6-4-11(18)5-7-12/h3-9H,1-2H3,(H,20,21). The van der Waals surface area contributed by atoms with E-state index in [4.69, 9.17) is 11.6 Å². The molecule has 0 bridgehead atoms. The van der Waals surface area contributed by atoms with Crippen molar-refractivity contribution in [2.45, 2.75) is 24.2 Å². The van der Waals surface area contributed by atoms with Crippen LogP contribution in [0.3, 0.4) is 0 Å². The van der Waals surface area contributed by atoms with E-state index in [1.165, 1.54) is 26.0 Å². The molecule has 0 aromatic heterocycles. The van der Waals surface area contributed by atoms with Gasteiger partial charge in [0.05, 0.1) is 10.3 Å². The van der Waals surface area contributed by atoms with E-state index >= 15 is 0 Å². The van der Waals surface area contributed by atoms with Gasteiger partial charge in [0.2, 0.25) is 5.91 Å². The van der Waals surface area contributed by atoms with E-state index in [0.717, 1.165) is 30.3 Å². The number of carbonyl (C=O) groups excluding carboxylic acids is 1. The van der Waals surface area contributed by atoms with Crippen LogP contribution >= 0.6 is 11.6 Å². The van der Waals surface area contributed by atoms with Crippen LogP contribution in [0, 0.1) is 11.6 Å². The first-order valence-electron chi connectivity index (χ1n) is 6.82. The number of sulfonamides is 1. The molecule has 0 fully saturated rings. The van der Waals surface area contributed by atoms with Crippen LogP contribution in [0.4, 0.5) is 8.78 Å². The fourth-order valence-corrected chi connectivity index (χ4v) is 3.31. The minimum Gasteiger partial charge on any atom is -0.273 e. The van der Waals surface area contributed by atoms with Gasteiger partial charge in [-0.1, -0.05) is 17.7 Å². The maximum Gasteiger partial charge on any atom is 0.264 e. The first-order valence-corrected chi connectivity index (χ1v) is 8.68. The molecule has 2 aromatic carbocycles. The van der Waals surface area contributed by atoms with Crippen LogP contribution in [0.2, 0.25) is 5.02 Å². The minimum absolute atomic E-state index is 0.00120. The van der Waals surface area contributed by atoms with Crippen LogP contribution in [-0.4, -0.2) is 14.3 Å². The summed E-state index contributed by atoms with van der Waals surface area (Å²) < 4.78 is 53.2. The Hall–Kier alpha value is -1.99. The Morgan fingerprint density at radius 1 is 1.08 bits per heavy atom. The van der Waals surface area contributed by atoms with E-state index in [2.05, 4.69) is 0 Å². The third-order valence-electron chi connectivity index (χ3n) is 3.52. The normalized spacial score (nSPS) is 12.0. The van der Waals surface area contributed by atoms with Gasteiger partial charge in [-0.2, -0.15) is 0 Å². The number of carbonyl (C=O) groups is 1. The number of benzene rings is 2. The molecule has 0 aliphatic carbocycles. The molecule has 0 radical (unpaired) electrons. The number of halogens is 3. The van der Waals surface area contributed by atoms with Gasteiger partial charge in [0.25, 0.3) is 10.0 Å². The Kier molecular flexibility index (Phi) is 4.96. The van der Waals surface area contributed by atoms with Crippen molar-refractivity contribution in [2.75, 3.05) is 0 Å². The molecule has 2 aromatic rings. The second-order valence-electron chi connectivity index (χ2n) is 5.64. The average molecular weight is 374 g/mol. The first-order chi connectivity index (χ1) is 11.0. The zero-order valence-electron chi connectivity index (χ0n) is 12.8. The van der Waals surface area contributed by atoms with Gasteiger partial charge in [0.1, 0.15) is 11.6 Å². The first kappa shape index (κ1) is 18.4. The molecule has 0 atom stereocenters. The Balaban J connectivity index is 2.32. The van der Waals surface area contributed by atoms with Crippen molar-refractivity contribution >= 4 is 27.5 Å². The van der Waals surface area contributed by atoms with E-state index in [1.807, 2.05) is 4.72 Å². The molecular formula is C16H14ClF2NO3S. The summed E-state index contributed by atoms with van der Waals surface area (Å²) >= 11 is 5.68. The second-order valence-corrected chi connectivity index (χ2v) is 7.76. The summed E-state index contributed by atoms with van der Waals surface area (Å²) in [5, 5.41) is 0.159. The lowest BCUT2D eigenvalue weighted by molar-refractivity contribution is -0.123. The maximum atomic E-state index is 14.1. The number of amides is 1. The van der Waals surface area contributed by atoms with Crippen LogP contribution in [0.1, 0.15) is 19.4 Å². The lowest BCUT2D eigenvalue weighted by Crippen LogP contribution is -2.43. The summed E-state index contributed by atoms with van der Waals surface area (Å²) in [5.41, 5.74) is -1.47. The molecule has 128 valence electrons. The van der Waals surface area contributed by atoms with Gasteiger partial charge in [-0.15, -0.1) is 0 Å². The quantitative estimate of drug-likeness (QED) is 0.893. The van der Waals surface area contributed by atoms with Crippen molar-refractivity contribution in [1.82, 2.24) is 4.72 Å². The molecule has 1 N–H and O–H groups in total. The molecule has 4 nitrogen and oxygen atoms in total. The molecule has 0 heterocycles. The summed E-state index contributed by atoms with van der Waals surface area (Å²) in [7, 11) is -4.20. The molecular weight excluding hydrogens is 360 g/mol. The molecule has 8 heteroatoms. The number of rotatable bonds is 4. The Morgan fingerprint density at radius 2 is 1.67 bits per heavy atom. The highest BCUT2D eigenvalue weighted by Gasteiger charge is 2.35. The van der Waals surface area contributed by atoms with Crippen molar-refractivity contribution < 1.29 is 22.0 Å². The van der Waals surface area contributed by atoms with Gasteiger partial charge in [0, 0.05) is 10.6 Å². The summed E-state index contributed by atoms with van der Waals surface area (Å²) in [5.74, 6) is -2.25. The zero-order valence-corrected chi connectivity index (χ0v) is 14.4. The lowest BCUT2D eigenvalue weighted by Gasteiger charge is -2.24. The molecule has 0 aliphatic heterocycles. The number of hydrogen-bond acceptors (Lipinski definition) is 3. The predicted octanol–water partition coefficient (Wildman–Crippen LogP) is 3.40. The lowest BCUT2D eigenvalue weighted by atomic mass is 9.83. The largest absolute Gasteiger partial charge is 0.273 e. The Morgan fingerprint density at radius 3 is 2.21 bits per heavy atom. The molecule has 1 amide bonds. The number of nitrogens with one attached hydrogen (secondary N) is 1. The highest BCUT2D eigenvalue weighted by molar-refractivity contribution is 7.90. The van der Waals surface area contributed by atoms with Gasteiger partial charge >= 0.3 is 0 Å². The van der Waals surface area contributed by atoms with E-state index in [1.54, 1.807) is 0 Å². The van der Waals surface area contributed by atoms with Gasteiger partial charge < -0.3 is 0 Å². The van der Waals surface area contributed by atoms with Gasteiger partial charge in [0.15, 0.2) is 0 Å². The minimum atomic E-state index is -4.20. The average Bonchev–Trinajstić information content (AvgIpc) is 2.46. The fourth-order valence-electron chi connectivity index (χ4n) is 2.04. The molecule has 0 saturated heterocycles. The van der Waals surface area contributed by atoms with Crippen molar-refractivity contribution in [1.29, 1.82) is 0 Å². The predicted molar refractivity (Wildman–Crippen MR) is 86.2 cm³/mol. The van der Waals surface area contributed by atoms with Crippen molar-refractivity contribution in [2.24, 2.45) is 0 Å². The van der Waals surface area contributed by atoms with Crippen LogP contribution in [0.15, 0.2) is 47.4 Å². The van der Waals surface area contributed by atoms with Crippen molar-refractivity contribution in [3.05, 3.63) is 64.7 Å². The highest BCUT2D eigenvalue weighted by Crippen LogP contribution is 2.28. The maximum absolute atomic E-state index is 14.1. The van der Waals surface area contributed by atoms with Crippen LogP contribution in [0.5, 0.6) is 0 Å². The van der Waals surface area contributed by atoms with Crippen LogP contribution in [0.25, 0.3) is 0 Å². The SMILES string of the molecule is CC(C)(C(=O)NS(=O)(=O)c1ccc(F)cc1)c1ccc(Cl)cc1F. The number of hydrogen-bond donors (Lipinski definition) is 1. The summed E-state index contributed by atoms with van der Waals surface area (Å²) in [6, 6.07) is 7.75. The Labute approximate surface area is 143 Å². The van der Waals surface area contributed by atoms with Crippen LogP contribution in [-0.2, 0) is 20.2 Å². The second kappa shape index (κ2) is 6.49. The Bertz CT molecular complexity index is 881. The zero-order chi connectivity index (χ0) is 18.1. The van der Waals surface area contributed by atoms with E-state index in [9.17, 15) is 22.0 Å². The van der Waals surface area contributed by atoms with Gasteiger partial charge in [-0.05, 0) is 50.2 Å². The monoisotopic (exact) mass is 373 g/mol. The van der Waals surface area contributed by atoms with E-state index in [0.29, 0.717) is 0 Å².